The Balaban J connectivity index is 1.86. The Hall–Kier alpha value is -2.86. The Kier molecular flexibility index (Phi) is 3.99. The van der Waals surface area contributed by atoms with Gasteiger partial charge >= 0.3 is 0 Å². The normalized spacial score (nSPS) is 10.5. The molecule has 1 amide bonds. The van der Waals surface area contributed by atoms with Crippen LogP contribution in [0.5, 0.6) is 0 Å². The van der Waals surface area contributed by atoms with Crippen molar-refractivity contribution in [1.29, 1.82) is 0 Å². The molecular weight excluding hydrogens is 314 g/mol. The number of aryl methyl sites for hydroxylation is 1. The van der Waals surface area contributed by atoms with Crippen molar-refractivity contribution in [1.82, 2.24) is 15.0 Å². The fourth-order valence-electron chi connectivity index (χ4n) is 2.12. The van der Waals surface area contributed by atoms with Crippen LogP contribution in [0.4, 0.5) is 11.5 Å². The fourth-order valence-corrected chi connectivity index (χ4v) is 2.24. The smallest absolute Gasteiger partial charge is 0.280 e. The molecule has 116 valence electrons. The molecule has 0 bridgehead atoms. The van der Waals surface area contributed by atoms with E-state index in [0.29, 0.717) is 10.7 Å². The average Bonchev–Trinajstić information content (AvgIpc) is 2.93. The minimum Gasteiger partial charge on any atom is -0.382 e. The SMILES string of the molecule is Cc1cc(NC(=O)c2nnn(-c3ccccc3)c2N)ccc1Cl. The van der Waals surface area contributed by atoms with Gasteiger partial charge in [0.05, 0.1) is 5.69 Å². The molecule has 0 fully saturated rings. The van der Waals surface area contributed by atoms with Crippen LogP contribution in [0.25, 0.3) is 5.69 Å². The van der Waals surface area contributed by atoms with Crippen LogP contribution in [0, 0.1) is 6.92 Å². The van der Waals surface area contributed by atoms with E-state index in [0.717, 1.165) is 11.3 Å². The van der Waals surface area contributed by atoms with E-state index in [1.807, 2.05) is 37.3 Å². The zero-order valence-electron chi connectivity index (χ0n) is 12.3. The summed E-state index contributed by atoms with van der Waals surface area (Å²) in [7, 11) is 0. The molecule has 3 rings (SSSR count). The molecule has 0 unspecified atom stereocenters. The van der Waals surface area contributed by atoms with Gasteiger partial charge in [-0.3, -0.25) is 4.79 Å². The quantitative estimate of drug-likeness (QED) is 0.774. The molecule has 0 saturated carbocycles. The summed E-state index contributed by atoms with van der Waals surface area (Å²) in [5.74, 6) is -0.245. The van der Waals surface area contributed by atoms with Gasteiger partial charge in [0.2, 0.25) is 0 Å². The molecule has 0 atom stereocenters. The van der Waals surface area contributed by atoms with Crippen molar-refractivity contribution in [3.8, 4) is 5.69 Å². The van der Waals surface area contributed by atoms with Crippen molar-refractivity contribution in [2.75, 3.05) is 11.1 Å². The Morgan fingerprint density at radius 2 is 1.96 bits per heavy atom. The van der Waals surface area contributed by atoms with Gasteiger partial charge < -0.3 is 11.1 Å². The zero-order valence-corrected chi connectivity index (χ0v) is 13.1. The summed E-state index contributed by atoms with van der Waals surface area (Å²) in [5, 5.41) is 11.2. The molecule has 1 heterocycles. The molecule has 3 aromatic rings. The molecule has 1 aromatic heterocycles. The lowest BCUT2D eigenvalue weighted by Crippen LogP contribution is -2.15. The summed E-state index contributed by atoms with van der Waals surface area (Å²) in [4.78, 5) is 12.3. The van der Waals surface area contributed by atoms with E-state index >= 15 is 0 Å². The Morgan fingerprint density at radius 1 is 1.22 bits per heavy atom. The van der Waals surface area contributed by atoms with E-state index in [9.17, 15) is 4.79 Å². The number of nitrogen functional groups attached to an aromatic ring is 1. The number of hydrogen-bond donors (Lipinski definition) is 2. The molecule has 0 aliphatic heterocycles. The van der Waals surface area contributed by atoms with Crippen LogP contribution in [0.2, 0.25) is 5.02 Å². The van der Waals surface area contributed by atoms with Gasteiger partial charge in [-0.15, -0.1) is 5.10 Å². The highest BCUT2D eigenvalue weighted by atomic mass is 35.5. The van der Waals surface area contributed by atoms with Crippen LogP contribution in [0.1, 0.15) is 16.1 Å². The second-order valence-electron chi connectivity index (χ2n) is 4.99. The fraction of sp³-hybridized carbons (Fsp3) is 0.0625. The van der Waals surface area contributed by atoms with Crippen molar-refractivity contribution in [2.45, 2.75) is 6.92 Å². The molecule has 2 aromatic carbocycles. The number of rotatable bonds is 3. The van der Waals surface area contributed by atoms with E-state index in [1.54, 1.807) is 18.2 Å². The first-order valence-corrected chi connectivity index (χ1v) is 7.28. The number of nitrogens with two attached hydrogens (primary N) is 1. The van der Waals surface area contributed by atoms with Crippen LogP contribution in [0.3, 0.4) is 0 Å². The highest BCUT2D eigenvalue weighted by molar-refractivity contribution is 6.31. The molecule has 0 radical (unpaired) electrons. The first-order chi connectivity index (χ1) is 11.1. The predicted octanol–water partition coefficient (Wildman–Crippen LogP) is 3.06. The van der Waals surface area contributed by atoms with Crippen molar-refractivity contribution in [3.05, 3.63) is 64.8 Å². The number of para-hydroxylation sites is 1. The minimum absolute atomic E-state index is 0.0708. The van der Waals surface area contributed by atoms with Crippen LogP contribution >= 0.6 is 11.6 Å². The summed E-state index contributed by atoms with van der Waals surface area (Å²) in [6, 6.07) is 14.5. The number of carbonyl (C=O) groups excluding carboxylic acids is 1. The summed E-state index contributed by atoms with van der Waals surface area (Å²) < 4.78 is 1.42. The first kappa shape index (κ1) is 15.1. The van der Waals surface area contributed by atoms with Gasteiger partial charge in [-0.05, 0) is 42.8 Å². The lowest BCUT2D eigenvalue weighted by atomic mass is 10.2. The summed E-state index contributed by atoms with van der Waals surface area (Å²) in [6.07, 6.45) is 0. The van der Waals surface area contributed by atoms with E-state index in [1.165, 1.54) is 4.68 Å². The molecule has 0 aliphatic rings. The molecule has 6 nitrogen and oxygen atoms in total. The number of anilines is 2. The number of aromatic nitrogens is 3. The van der Waals surface area contributed by atoms with Crippen molar-refractivity contribution in [2.24, 2.45) is 0 Å². The van der Waals surface area contributed by atoms with Gasteiger partial charge in [-0.25, -0.2) is 0 Å². The topological polar surface area (TPSA) is 85.8 Å². The minimum atomic E-state index is -0.425. The van der Waals surface area contributed by atoms with Gasteiger partial charge in [0.15, 0.2) is 11.5 Å². The van der Waals surface area contributed by atoms with Gasteiger partial charge in [-0.1, -0.05) is 35.0 Å². The number of nitrogens with one attached hydrogen (secondary N) is 1. The van der Waals surface area contributed by atoms with Crippen LogP contribution in [-0.2, 0) is 0 Å². The maximum Gasteiger partial charge on any atom is 0.280 e. The van der Waals surface area contributed by atoms with Crippen molar-refractivity contribution >= 4 is 29.0 Å². The average molecular weight is 328 g/mol. The number of halogens is 1. The Bertz CT molecular complexity index is 860. The Labute approximate surface area is 137 Å². The predicted molar refractivity (Wildman–Crippen MR) is 89.9 cm³/mol. The lowest BCUT2D eigenvalue weighted by Gasteiger charge is -2.06. The third-order valence-corrected chi connectivity index (χ3v) is 3.76. The zero-order chi connectivity index (χ0) is 16.4. The van der Waals surface area contributed by atoms with Crippen molar-refractivity contribution in [3.63, 3.8) is 0 Å². The molecule has 23 heavy (non-hydrogen) atoms. The molecular formula is C16H14ClN5O. The molecule has 0 saturated heterocycles. The molecule has 3 N–H and O–H groups in total. The summed E-state index contributed by atoms with van der Waals surface area (Å²) in [6.45, 7) is 1.86. The van der Waals surface area contributed by atoms with Gasteiger partial charge in [0, 0.05) is 10.7 Å². The second kappa shape index (κ2) is 6.10. The third-order valence-electron chi connectivity index (χ3n) is 3.34. The molecule has 0 aliphatic carbocycles. The van der Waals surface area contributed by atoms with E-state index in [2.05, 4.69) is 15.6 Å². The van der Waals surface area contributed by atoms with E-state index in [-0.39, 0.29) is 11.5 Å². The maximum absolute atomic E-state index is 12.3. The van der Waals surface area contributed by atoms with E-state index < -0.39 is 5.91 Å². The summed E-state index contributed by atoms with van der Waals surface area (Å²) >= 11 is 5.97. The Morgan fingerprint density at radius 3 is 2.65 bits per heavy atom. The number of nitrogens with zero attached hydrogens (tertiary/aromatic N) is 3. The van der Waals surface area contributed by atoms with Crippen LogP contribution < -0.4 is 11.1 Å². The first-order valence-electron chi connectivity index (χ1n) is 6.90. The molecule has 7 heteroatoms. The standard InChI is InChI=1S/C16H14ClN5O/c1-10-9-11(7-8-13(10)17)19-16(23)14-15(18)22(21-20-14)12-5-3-2-4-6-12/h2-9H,18H2,1H3,(H,19,23). The van der Waals surface area contributed by atoms with Crippen molar-refractivity contribution < 1.29 is 4.79 Å². The molecule has 0 spiro atoms. The van der Waals surface area contributed by atoms with Crippen LogP contribution in [-0.4, -0.2) is 20.9 Å². The number of amides is 1. The monoisotopic (exact) mass is 327 g/mol. The van der Waals surface area contributed by atoms with Crippen LogP contribution in [0.15, 0.2) is 48.5 Å². The second-order valence-corrected chi connectivity index (χ2v) is 5.40. The maximum atomic E-state index is 12.3. The van der Waals surface area contributed by atoms with E-state index in [4.69, 9.17) is 17.3 Å². The number of carbonyl (C=O) groups is 1. The highest BCUT2D eigenvalue weighted by Gasteiger charge is 2.18. The number of benzene rings is 2. The highest BCUT2D eigenvalue weighted by Crippen LogP contribution is 2.21. The largest absolute Gasteiger partial charge is 0.382 e. The van der Waals surface area contributed by atoms with Gasteiger partial charge in [0.25, 0.3) is 5.91 Å². The summed E-state index contributed by atoms with van der Waals surface area (Å²) in [5.41, 5.74) is 8.29. The van der Waals surface area contributed by atoms with Gasteiger partial charge in [0.1, 0.15) is 0 Å². The lowest BCUT2D eigenvalue weighted by molar-refractivity contribution is 0.102. The van der Waals surface area contributed by atoms with Gasteiger partial charge in [-0.2, -0.15) is 4.68 Å². The number of hydrogen-bond acceptors (Lipinski definition) is 4. The third kappa shape index (κ3) is 3.02.